The summed E-state index contributed by atoms with van der Waals surface area (Å²) in [4.78, 5) is 4.54. The van der Waals surface area contributed by atoms with E-state index in [1.165, 1.54) is 6.07 Å². The molecule has 0 bridgehead atoms. The smallest absolute Gasteiger partial charge is 0.146 e. The lowest BCUT2D eigenvalue weighted by Gasteiger charge is -2.40. The highest BCUT2D eigenvalue weighted by atomic mass is 19.1. The summed E-state index contributed by atoms with van der Waals surface area (Å²) < 4.78 is 13.8. The third-order valence-corrected chi connectivity index (χ3v) is 4.62. The molecule has 3 rings (SSSR count). The van der Waals surface area contributed by atoms with Crippen molar-refractivity contribution in [1.29, 1.82) is 5.26 Å². The van der Waals surface area contributed by atoms with Crippen molar-refractivity contribution in [1.82, 2.24) is 4.90 Å². The minimum atomic E-state index is -0.142. The van der Waals surface area contributed by atoms with E-state index >= 15 is 0 Å². The average Bonchev–Trinajstić information content (AvgIpc) is 2.96. The molecule has 0 N–H and O–H groups in total. The Morgan fingerprint density at radius 3 is 2.55 bits per heavy atom. The van der Waals surface area contributed by atoms with Crippen LogP contribution in [-0.2, 0) is 0 Å². The highest BCUT2D eigenvalue weighted by Crippen LogP contribution is 2.30. The molecular weight excluding hydrogens is 253 g/mol. The van der Waals surface area contributed by atoms with Crippen LogP contribution in [0.5, 0.6) is 0 Å². The molecule has 1 aromatic rings. The summed E-state index contributed by atoms with van der Waals surface area (Å²) in [6, 6.07) is 9.84. The molecule has 1 saturated heterocycles. The number of benzene rings is 1. The minimum Gasteiger partial charge on any atom is -0.367 e. The van der Waals surface area contributed by atoms with Gasteiger partial charge in [-0.05, 0) is 25.0 Å². The molecule has 3 nitrogen and oxygen atoms in total. The van der Waals surface area contributed by atoms with Gasteiger partial charge in [0.2, 0.25) is 0 Å². The average molecular weight is 273 g/mol. The van der Waals surface area contributed by atoms with Gasteiger partial charge in [0.05, 0.1) is 17.7 Å². The first-order valence-corrected chi connectivity index (χ1v) is 7.43. The maximum Gasteiger partial charge on any atom is 0.146 e. The zero-order valence-electron chi connectivity index (χ0n) is 11.6. The second-order valence-electron chi connectivity index (χ2n) is 5.71. The van der Waals surface area contributed by atoms with E-state index in [9.17, 15) is 9.65 Å². The number of anilines is 1. The second kappa shape index (κ2) is 5.80. The van der Waals surface area contributed by atoms with E-state index in [2.05, 4.69) is 15.9 Å². The van der Waals surface area contributed by atoms with Gasteiger partial charge in [-0.1, -0.05) is 18.6 Å². The molecule has 2 unspecified atom stereocenters. The number of rotatable bonds is 2. The molecule has 0 spiro atoms. The fraction of sp³-hybridized carbons (Fsp3) is 0.562. The van der Waals surface area contributed by atoms with Crippen molar-refractivity contribution in [2.45, 2.75) is 25.3 Å². The number of nitrogens with zero attached hydrogens (tertiary/aromatic N) is 3. The van der Waals surface area contributed by atoms with E-state index in [4.69, 9.17) is 0 Å². The maximum absolute atomic E-state index is 13.8. The number of hydrogen-bond acceptors (Lipinski definition) is 3. The Bertz CT molecular complexity index is 503. The molecule has 2 aliphatic rings. The Hall–Kier alpha value is -1.60. The maximum atomic E-state index is 13.8. The lowest BCUT2D eigenvalue weighted by Crippen LogP contribution is -2.51. The molecule has 0 amide bonds. The molecule has 0 aromatic heterocycles. The molecule has 1 aromatic carbocycles. The topological polar surface area (TPSA) is 30.3 Å². The SMILES string of the molecule is N#CC1CCCC1N1CCN(c2ccccc2F)CC1. The van der Waals surface area contributed by atoms with Crippen LogP contribution in [0.15, 0.2) is 24.3 Å². The van der Waals surface area contributed by atoms with Gasteiger partial charge in [0.1, 0.15) is 5.82 Å². The zero-order valence-corrected chi connectivity index (χ0v) is 11.6. The molecule has 0 radical (unpaired) electrons. The molecule has 2 fully saturated rings. The van der Waals surface area contributed by atoms with Crippen molar-refractivity contribution in [3.63, 3.8) is 0 Å². The first-order chi connectivity index (χ1) is 9.79. The Kier molecular flexibility index (Phi) is 3.88. The van der Waals surface area contributed by atoms with Gasteiger partial charge in [-0.15, -0.1) is 0 Å². The molecule has 20 heavy (non-hydrogen) atoms. The van der Waals surface area contributed by atoms with Gasteiger partial charge < -0.3 is 4.90 Å². The lowest BCUT2D eigenvalue weighted by atomic mass is 10.0. The van der Waals surface area contributed by atoms with Crippen LogP contribution in [0.3, 0.4) is 0 Å². The second-order valence-corrected chi connectivity index (χ2v) is 5.71. The van der Waals surface area contributed by atoms with E-state index in [0.717, 1.165) is 45.4 Å². The van der Waals surface area contributed by atoms with Gasteiger partial charge in [-0.2, -0.15) is 5.26 Å². The Morgan fingerprint density at radius 1 is 1.10 bits per heavy atom. The van der Waals surface area contributed by atoms with Crippen LogP contribution in [0, 0.1) is 23.1 Å². The first kappa shape index (κ1) is 13.4. The predicted molar refractivity (Wildman–Crippen MR) is 76.9 cm³/mol. The van der Waals surface area contributed by atoms with Crippen LogP contribution in [0.1, 0.15) is 19.3 Å². The van der Waals surface area contributed by atoms with Crippen LogP contribution < -0.4 is 4.90 Å². The van der Waals surface area contributed by atoms with Crippen molar-refractivity contribution >= 4 is 5.69 Å². The molecule has 1 aliphatic heterocycles. The number of halogens is 1. The summed E-state index contributed by atoms with van der Waals surface area (Å²) in [5.41, 5.74) is 0.704. The summed E-state index contributed by atoms with van der Waals surface area (Å²) in [5.74, 6) is 0.0479. The molecule has 106 valence electrons. The van der Waals surface area contributed by atoms with Gasteiger partial charge in [0, 0.05) is 32.2 Å². The van der Waals surface area contributed by atoms with E-state index in [-0.39, 0.29) is 11.7 Å². The molecular formula is C16H20FN3. The summed E-state index contributed by atoms with van der Waals surface area (Å²) in [7, 11) is 0. The van der Waals surface area contributed by atoms with Crippen molar-refractivity contribution in [3.05, 3.63) is 30.1 Å². The third-order valence-electron chi connectivity index (χ3n) is 4.62. The lowest BCUT2D eigenvalue weighted by molar-refractivity contribution is 0.168. The van der Waals surface area contributed by atoms with Crippen LogP contribution in [0.25, 0.3) is 0 Å². The van der Waals surface area contributed by atoms with Crippen LogP contribution in [-0.4, -0.2) is 37.1 Å². The minimum absolute atomic E-state index is 0.142. The van der Waals surface area contributed by atoms with Gasteiger partial charge >= 0.3 is 0 Å². The highest BCUT2D eigenvalue weighted by molar-refractivity contribution is 5.48. The summed E-state index contributed by atoms with van der Waals surface area (Å²) in [6.45, 7) is 3.54. The van der Waals surface area contributed by atoms with E-state index in [1.807, 2.05) is 12.1 Å². The van der Waals surface area contributed by atoms with Gasteiger partial charge in [0.25, 0.3) is 0 Å². The monoisotopic (exact) mass is 273 g/mol. The van der Waals surface area contributed by atoms with Crippen molar-refractivity contribution in [3.8, 4) is 6.07 Å². The van der Waals surface area contributed by atoms with Gasteiger partial charge in [0.15, 0.2) is 0 Å². The Morgan fingerprint density at radius 2 is 1.85 bits per heavy atom. The van der Waals surface area contributed by atoms with Crippen molar-refractivity contribution in [2.75, 3.05) is 31.1 Å². The Balaban J connectivity index is 1.63. The largest absolute Gasteiger partial charge is 0.367 e. The number of hydrogen-bond donors (Lipinski definition) is 0. The predicted octanol–water partition coefficient (Wildman–Crippen LogP) is 2.64. The number of nitriles is 1. The summed E-state index contributed by atoms with van der Waals surface area (Å²) in [6.07, 6.45) is 3.34. The third kappa shape index (κ3) is 2.51. The van der Waals surface area contributed by atoms with E-state index in [1.54, 1.807) is 6.07 Å². The molecule has 4 heteroatoms. The fourth-order valence-electron chi connectivity index (χ4n) is 3.53. The Labute approximate surface area is 119 Å². The van der Waals surface area contributed by atoms with Crippen molar-refractivity contribution in [2.24, 2.45) is 5.92 Å². The molecule has 1 heterocycles. The highest BCUT2D eigenvalue weighted by Gasteiger charge is 2.33. The zero-order chi connectivity index (χ0) is 13.9. The van der Waals surface area contributed by atoms with Crippen LogP contribution >= 0.6 is 0 Å². The molecule has 1 saturated carbocycles. The normalized spacial score (nSPS) is 27.5. The van der Waals surface area contributed by atoms with E-state index < -0.39 is 0 Å². The van der Waals surface area contributed by atoms with Crippen molar-refractivity contribution < 1.29 is 4.39 Å². The number of piperazine rings is 1. The van der Waals surface area contributed by atoms with Gasteiger partial charge in [-0.3, -0.25) is 4.90 Å². The van der Waals surface area contributed by atoms with Crippen LogP contribution in [0.2, 0.25) is 0 Å². The summed E-state index contributed by atoms with van der Waals surface area (Å²) >= 11 is 0. The van der Waals surface area contributed by atoms with Gasteiger partial charge in [-0.25, -0.2) is 4.39 Å². The molecule has 2 atom stereocenters. The van der Waals surface area contributed by atoms with Crippen LogP contribution in [0.4, 0.5) is 10.1 Å². The molecule has 1 aliphatic carbocycles. The summed E-state index contributed by atoms with van der Waals surface area (Å²) in [5, 5.41) is 9.20. The standard InChI is InChI=1S/C16H20FN3/c17-14-5-1-2-6-16(14)20-10-8-19(9-11-20)15-7-3-4-13(15)12-18/h1-2,5-6,13,15H,3-4,7-11H2. The fourth-order valence-corrected chi connectivity index (χ4v) is 3.53. The van der Waals surface area contributed by atoms with E-state index in [0.29, 0.717) is 11.7 Å². The quantitative estimate of drug-likeness (QED) is 0.830. The first-order valence-electron chi connectivity index (χ1n) is 7.43. The number of para-hydroxylation sites is 1.